The minimum absolute atomic E-state index is 0.0480. The molecule has 7 nitrogen and oxygen atoms in total. The van der Waals surface area contributed by atoms with Crippen LogP contribution in [-0.2, 0) is 9.59 Å². The highest BCUT2D eigenvalue weighted by atomic mass is 32.2. The van der Waals surface area contributed by atoms with Gasteiger partial charge in [-0.2, -0.15) is 4.99 Å². The van der Waals surface area contributed by atoms with Gasteiger partial charge in [0.25, 0.3) is 11.8 Å². The Labute approximate surface area is 191 Å². The first-order valence-electron chi connectivity index (χ1n) is 10.8. The molecule has 2 heterocycles. The van der Waals surface area contributed by atoms with E-state index in [0.29, 0.717) is 11.3 Å². The normalized spacial score (nSPS) is 18.3. The fourth-order valence-corrected chi connectivity index (χ4v) is 4.92. The number of carbonyl (C=O) groups excluding carboxylic acids is 3. The van der Waals surface area contributed by atoms with Crippen LogP contribution in [0.5, 0.6) is 0 Å². The molecule has 0 aromatic heterocycles. The van der Waals surface area contributed by atoms with Gasteiger partial charge >= 0.3 is 0 Å². The molecule has 2 aliphatic rings. The topological polar surface area (TPSA) is 82.1 Å². The van der Waals surface area contributed by atoms with Crippen molar-refractivity contribution in [1.82, 2.24) is 4.90 Å². The number of likely N-dealkylation sites (tertiary alicyclic amines) is 1. The molecule has 3 amide bonds. The van der Waals surface area contributed by atoms with E-state index in [4.69, 9.17) is 0 Å². The number of anilines is 2. The zero-order chi connectivity index (χ0) is 22.5. The van der Waals surface area contributed by atoms with Crippen LogP contribution >= 0.6 is 11.8 Å². The van der Waals surface area contributed by atoms with Crippen LogP contribution < -0.4 is 10.2 Å². The highest BCUT2D eigenvalue weighted by Crippen LogP contribution is 2.29. The van der Waals surface area contributed by atoms with E-state index >= 15 is 0 Å². The number of nitrogens with zero attached hydrogens (tertiary/aromatic N) is 3. The van der Waals surface area contributed by atoms with Crippen LogP contribution in [0.3, 0.4) is 0 Å². The lowest BCUT2D eigenvalue weighted by atomic mass is 10.1. The van der Waals surface area contributed by atoms with Gasteiger partial charge in [0.15, 0.2) is 5.17 Å². The summed E-state index contributed by atoms with van der Waals surface area (Å²) in [7, 11) is 1.71. The molecule has 1 saturated heterocycles. The van der Waals surface area contributed by atoms with E-state index in [1.165, 1.54) is 18.2 Å². The molecule has 1 N–H and O–H groups in total. The van der Waals surface area contributed by atoms with Crippen molar-refractivity contribution in [3.05, 3.63) is 60.2 Å². The zero-order valence-corrected chi connectivity index (χ0v) is 18.8. The second-order valence-corrected chi connectivity index (χ2v) is 9.09. The predicted octanol–water partition coefficient (Wildman–Crippen LogP) is 3.78. The van der Waals surface area contributed by atoms with E-state index in [-0.39, 0.29) is 24.1 Å². The summed E-state index contributed by atoms with van der Waals surface area (Å²) in [4.78, 5) is 45.6. The lowest BCUT2D eigenvalue weighted by molar-refractivity contribution is -0.121. The molecule has 8 heteroatoms. The Morgan fingerprint density at radius 1 is 1.09 bits per heavy atom. The first-order valence-corrected chi connectivity index (χ1v) is 11.7. The molecule has 1 fully saturated rings. The molecule has 2 aromatic rings. The molecule has 32 heavy (non-hydrogen) atoms. The standard InChI is InChI=1S/C24H26N4O3S/c1-27(19-11-4-2-5-12-19)23(31)17-9-8-10-18(15-17)25-21(29)16-20-22(30)26-24(32-20)28-13-6-3-7-14-28/h2,4-5,8-12,15,20H,3,6-7,13-14,16H2,1H3,(H,25,29). The molecule has 166 valence electrons. The summed E-state index contributed by atoms with van der Waals surface area (Å²) in [5.74, 6) is -0.695. The zero-order valence-electron chi connectivity index (χ0n) is 18.0. The van der Waals surface area contributed by atoms with Gasteiger partial charge in [-0.25, -0.2) is 0 Å². The van der Waals surface area contributed by atoms with Crippen molar-refractivity contribution in [1.29, 1.82) is 0 Å². The first kappa shape index (κ1) is 22.1. The van der Waals surface area contributed by atoms with Gasteiger partial charge < -0.3 is 15.1 Å². The van der Waals surface area contributed by atoms with Gasteiger partial charge in [-0.05, 0) is 49.6 Å². The number of hydrogen-bond donors (Lipinski definition) is 1. The number of hydrogen-bond acceptors (Lipinski definition) is 5. The molecule has 0 saturated carbocycles. The maximum atomic E-state index is 12.8. The van der Waals surface area contributed by atoms with Crippen molar-refractivity contribution in [2.75, 3.05) is 30.4 Å². The van der Waals surface area contributed by atoms with Crippen LogP contribution in [0.15, 0.2) is 59.6 Å². The minimum atomic E-state index is -0.499. The second kappa shape index (κ2) is 9.99. The van der Waals surface area contributed by atoms with Gasteiger partial charge in [0, 0.05) is 43.5 Å². The van der Waals surface area contributed by atoms with E-state index < -0.39 is 5.25 Å². The predicted molar refractivity (Wildman–Crippen MR) is 128 cm³/mol. The number of aliphatic imine (C=N–C) groups is 1. The molecule has 0 bridgehead atoms. The number of thioether (sulfide) groups is 1. The smallest absolute Gasteiger partial charge is 0.262 e. The van der Waals surface area contributed by atoms with E-state index in [1.807, 2.05) is 30.3 Å². The van der Waals surface area contributed by atoms with Crippen molar-refractivity contribution >= 4 is 46.0 Å². The summed E-state index contributed by atoms with van der Waals surface area (Å²) >= 11 is 1.38. The average Bonchev–Trinajstić information content (AvgIpc) is 3.19. The SMILES string of the molecule is CN(C(=O)c1cccc(NC(=O)CC2SC(N3CCCCC3)=NC2=O)c1)c1ccccc1. The van der Waals surface area contributed by atoms with Gasteiger partial charge in [-0.15, -0.1) is 0 Å². The number of rotatable bonds is 5. The van der Waals surface area contributed by atoms with Crippen molar-refractivity contribution in [3.63, 3.8) is 0 Å². The average molecular weight is 451 g/mol. The molecule has 0 spiro atoms. The second-order valence-electron chi connectivity index (χ2n) is 7.92. The summed E-state index contributed by atoms with van der Waals surface area (Å²) in [6.07, 6.45) is 3.46. The van der Waals surface area contributed by atoms with Crippen LogP contribution in [0.4, 0.5) is 11.4 Å². The van der Waals surface area contributed by atoms with E-state index in [2.05, 4.69) is 15.2 Å². The molecule has 0 radical (unpaired) electrons. The van der Waals surface area contributed by atoms with Gasteiger partial charge in [0.05, 0.1) is 0 Å². The number of para-hydroxylation sites is 1. The molecule has 2 aliphatic heterocycles. The summed E-state index contributed by atoms with van der Waals surface area (Å²) in [6.45, 7) is 1.83. The quantitative estimate of drug-likeness (QED) is 0.750. The minimum Gasteiger partial charge on any atom is -0.351 e. The Balaban J connectivity index is 1.35. The third kappa shape index (κ3) is 5.19. The van der Waals surface area contributed by atoms with E-state index in [9.17, 15) is 14.4 Å². The Bertz CT molecular complexity index is 1030. The van der Waals surface area contributed by atoms with Gasteiger partial charge in [0.2, 0.25) is 5.91 Å². The fourth-order valence-electron chi connectivity index (χ4n) is 3.80. The Morgan fingerprint density at radius 2 is 1.84 bits per heavy atom. The largest absolute Gasteiger partial charge is 0.351 e. The highest BCUT2D eigenvalue weighted by Gasteiger charge is 2.33. The van der Waals surface area contributed by atoms with Crippen LogP contribution in [0.25, 0.3) is 0 Å². The third-order valence-electron chi connectivity index (χ3n) is 5.57. The summed E-state index contributed by atoms with van der Waals surface area (Å²) < 4.78 is 0. The van der Waals surface area contributed by atoms with Crippen molar-refractivity contribution < 1.29 is 14.4 Å². The van der Waals surface area contributed by atoms with Crippen LogP contribution in [-0.4, -0.2) is 53.2 Å². The summed E-state index contributed by atoms with van der Waals surface area (Å²) in [5, 5.41) is 3.06. The van der Waals surface area contributed by atoms with Crippen LogP contribution in [0.2, 0.25) is 0 Å². The lowest BCUT2D eigenvalue weighted by Crippen LogP contribution is -2.33. The molecule has 1 atom stereocenters. The summed E-state index contributed by atoms with van der Waals surface area (Å²) in [5.41, 5.74) is 1.78. The van der Waals surface area contributed by atoms with Crippen molar-refractivity contribution in [3.8, 4) is 0 Å². The Hall–Kier alpha value is -3.13. The fraction of sp³-hybridized carbons (Fsp3) is 0.333. The highest BCUT2D eigenvalue weighted by molar-refractivity contribution is 8.15. The third-order valence-corrected chi connectivity index (χ3v) is 6.78. The monoisotopic (exact) mass is 450 g/mol. The van der Waals surface area contributed by atoms with E-state index in [0.717, 1.165) is 36.8 Å². The Morgan fingerprint density at radius 3 is 2.59 bits per heavy atom. The van der Waals surface area contributed by atoms with E-state index in [1.54, 1.807) is 36.2 Å². The lowest BCUT2D eigenvalue weighted by Gasteiger charge is -2.27. The van der Waals surface area contributed by atoms with Crippen molar-refractivity contribution in [2.24, 2.45) is 4.99 Å². The van der Waals surface area contributed by atoms with Gasteiger partial charge in [0.1, 0.15) is 5.25 Å². The first-order chi connectivity index (χ1) is 15.5. The summed E-state index contributed by atoms with van der Waals surface area (Å²) in [6, 6.07) is 16.2. The number of piperidine rings is 1. The molecule has 0 aliphatic carbocycles. The molecule has 2 aromatic carbocycles. The molecular weight excluding hydrogens is 424 g/mol. The number of carbonyl (C=O) groups is 3. The molecule has 1 unspecified atom stereocenters. The maximum absolute atomic E-state index is 12.8. The number of benzene rings is 2. The van der Waals surface area contributed by atoms with Gasteiger partial charge in [-0.3, -0.25) is 14.4 Å². The van der Waals surface area contributed by atoms with Crippen LogP contribution in [0, 0.1) is 0 Å². The Kier molecular flexibility index (Phi) is 6.90. The number of amidine groups is 1. The van der Waals surface area contributed by atoms with Crippen molar-refractivity contribution in [2.45, 2.75) is 30.9 Å². The maximum Gasteiger partial charge on any atom is 0.262 e. The van der Waals surface area contributed by atoms with Gasteiger partial charge in [-0.1, -0.05) is 36.0 Å². The molecule has 4 rings (SSSR count). The number of nitrogens with one attached hydrogen (secondary N) is 1. The van der Waals surface area contributed by atoms with Crippen LogP contribution in [0.1, 0.15) is 36.0 Å². The molecular formula is C24H26N4O3S. The number of amides is 3.